The lowest BCUT2D eigenvalue weighted by Gasteiger charge is -2.38. The Bertz CT molecular complexity index is 2670. The van der Waals surface area contributed by atoms with Gasteiger partial charge in [-0.3, -0.25) is 34.0 Å². The normalized spacial score (nSPS) is 22.8. The maximum absolute atomic E-state index is 14.7. The molecule has 0 radical (unpaired) electrons. The van der Waals surface area contributed by atoms with Gasteiger partial charge in [-0.05, 0) is 91.6 Å². The van der Waals surface area contributed by atoms with E-state index in [0.29, 0.717) is 36.3 Å². The lowest BCUT2D eigenvalue weighted by Crippen LogP contribution is -2.64. The summed E-state index contributed by atoms with van der Waals surface area (Å²) in [6.07, 6.45) is -1.61. The third kappa shape index (κ3) is 10.2. The number of aryl methyl sites for hydroxylation is 1. The van der Waals surface area contributed by atoms with E-state index in [9.17, 15) is 42.3 Å². The summed E-state index contributed by atoms with van der Waals surface area (Å²) < 4.78 is 57.5. The fourth-order valence-corrected chi connectivity index (χ4v) is 10.3. The predicted molar refractivity (Wildman–Crippen MR) is 256 cm³/mol. The number of benzene rings is 2. The van der Waals surface area contributed by atoms with Gasteiger partial charge in [-0.25, -0.2) is 5.43 Å². The highest BCUT2D eigenvalue weighted by Crippen LogP contribution is 2.43. The number of hydrogen-bond donors (Lipinski definition) is 3. The highest BCUT2D eigenvalue weighted by Gasteiger charge is 2.64. The molecule has 5 heterocycles. The second-order valence-electron chi connectivity index (χ2n) is 19.9. The Kier molecular flexibility index (Phi) is 15.0. The molecular weight excluding hydrogens is 908 g/mol. The molecule has 2 aromatic heterocycles. The van der Waals surface area contributed by atoms with Gasteiger partial charge in [0.05, 0.1) is 30.6 Å². The first-order valence-corrected chi connectivity index (χ1v) is 23.8. The first-order chi connectivity index (χ1) is 33.0. The van der Waals surface area contributed by atoms with Gasteiger partial charge in [0.1, 0.15) is 24.0 Å². The molecular formula is C52H64F3N7O8. The number of carbonyl (C=O) groups excluding carboxylic acids is 5. The van der Waals surface area contributed by atoms with Crippen molar-refractivity contribution >= 4 is 40.5 Å². The number of cyclic esters (lactones) is 1. The minimum Gasteiger partial charge on any atom is -0.464 e. The van der Waals surface area contributed by atoms with Crippen LogP contribution in [0.4, 0.5) is 13.2 Å². The van der Waals surface area contributed by atoms with E-state index in [1.807, 2.05) is 57.2 Å². The Labute approximate surface area is 406 Å². The van der Waals surface area contributed by atoms with Crippen LogP contribution in [0.2, 0.25) is 0 Å². The molecule has 0 aliphatic carbocycles. The summed E-state index contributed by atoms with van der Waals surface area (Å²) in [6.45, 7) is 13.5. The lowest BCUT2D eigenvalue weighted by atomic mass is 9.84. The number of hydrazine groups is 1. The number of β-amino-alcohol motifs (C(OH)–C–C–N with tert-alkyl or cyclic N) is 1. The molecule has 0 unspecified atom stereocenters. The Hall–Kier alpha value is -6.11. The molecule has 376 valence electrons. The van der Waals surface area contributed by atoms with Crippen LogP contribution in [-0.2, 0) is 52.8 Å². The second kappa shape index (κ2) is 20.3. The molecule has 15 nitrogen and oxygen atoms in total. The number of aromatic nitrogens is 2. The van der Waals surface area contributed by atoms with E-state index < -0.39 is 89.8 Å². The van der Waals surface area contributed by atoms with Crippen LogP contribution in [0, 0.1) is 17.3 Å². The minimum atomic E-state index is -5.09. The summed E-state index contributed by atoms with van der Waals surface area (Å²) in [7, 11) is 2.77. The third-order valence-corrected chi connectivity index (χ3v) is 13.9. The van der Waals surface area contributed by atoms with Gasteiger partial charge in [-0.1, -0.05) is 64.6 Å². The first kappa shape index (κ1) is 51.7. The molecule has 3 aliphatic heterocycles. The number of aliphatic hydroxyl groups is 1. The van der Waals surface area contributed by atoms with E-state index in [4.69, 9.17) is 14.5 Å². The Morgan fingerprint density at radius 1 is 1.10 bits per heavy atom. The van der Waals surface area contributed by atoms with Crippen LogP contribution in [-0.4, -0.2) is 129 Å². The molecule has 2 aromatic carbocycles. The lowest BCUT2D eigenvalue weighted by molar-refractivity contribution is -0.216. The molecule has 2 fully saturated rings. The average Bonchev–Trinajstić information content (AvgIpc) is 3.86. The van der Waals surface area contributed by atoms with E-state index in [0.717, 1.165) is 62.6 Å². The molecule has 2 saturated heterocycles. The number of likely N-dealkylation sites (tertiary alicyclic amines) is 1. The standard InChI is InChI=1S/C52H64F3N7O8/c1-10-42(63)60-27-41(52(53,54)55)51(68,28-60)49(67)59(8)44(30(3)4)46(64)57-39-24-32-15-12-16-33(23-32)34-19-20-40-36(25-34)37(45(61(40)11-2)35-17-13-21-56-43(35)31(5)69-9)26-50(6,7)29-70-48(66)38-18-14-22-62(58-38)47(39)65/h10,12-13,15-17,19-21,23,25,30-31,38-39,41,44,58,68H,1,11,14,18,22,24,26-29H2,2-9H3,(H,57,64)/t31-,38-,39-,41-,44-,51-/m0/s1. The van der Waals surface area contributed by atoms with E-state index in [1.165, 1.54) is 5.01 Å². The number of hydrogen-bond acceptors (Lipinski definition) is 10. The number of halogens is 3. The number of amides is 4. The van der Waals surface area contributed by atoms with Gasteiger partial charge < -0.3 is 34.3 Å². The quantitative estimate of drug-likeness (QED) is 0.123. The van der Waals surface area contributed by atoms with Gasteiger partial charge >= 0.3 is 12.1 Å². The van der Waals surface area contributed by atoms with Crippen molar-refractivity contribution in [1.29, 1.82) is 0 Å². The smallest absolute Gasteiger partial charge is 0.396 e. The van der Waals surface area contributed by atoms with Gasteiger partial charge in [-0.2, -0.15) is 13.2 Å². The van der Waals surface area contributed by atoms with Crippen LogP contribution < -0.4 is 10.7 Å². The van der Waals surface area contributed by atoms with Crippen LogP contribution >= 0.6 is 0 Å². The molecule has 7 rings (SSSR count). The molecule has 18 heteroatoms. The van der Waals surface area contributed by atoms with Gasteiger partial charge in [0.2, 0.25) is 11.8 Å². The number of pyridine rings is 1. The maximum Gasteiger partial charge on any atom is 0.396 e. The topological polar surface area (TPSA) is 176 Å². The third-order valence-electron chi connectivity index (χ3n) is 13.9. The number of esters is 1. The van der Waals surface area contributed by atoms with E-state index in [1.54, 1.807) is 27.2 Å². The van der Waals surface area contributed by atoms with Crippen LogP contribution in [0.25, 0.3) is 33.3 Å². The number of fused-ring (bicyclic) bond motifs is 6. The summed E-state index contributed by atoms with van der Waals surface area (Å²) in [5.41, 5.74) is 6.42. The number of likely N-dealkylation sites (N-methyl/N-ethyl adjacent to an activating group) is 1. The molecule has 6 atom stereocenters. The molecule has 6 bridgehead atoms. The van der Waals surface area contributed by atoms with Crippen LogP contribution in [0.15, 0.2) is 73.4 Å². The van der Waals surface area contributed by atoms with E-state index in [2.05, 4.69) is 47.0 Å². The number of carbonyl (C=O) groups is 5. The number of ether oxygens (including phenoxy) is 2. The van der Waals surface area contributed by atoms with E-state index >= 15 is 0 Å². The van der Waals surface area contributed by atoms with Crippen LogP contribution in [0.1, 0.15) is 77.3 Å². The summed E-state index contributed by atoms with van der Waals surface area (Å²) in [5, 5.41) is 16.6. The zero-order valence-electron chi connectivity index (χ0n) is 41.1. The van der Waals surface area contributed by atoms with Crippen molar-refractivity contribution < 1.29 is 51.7 Å². The first-order valence-electron chi connectivity index (χ1n) is 23.8. The maximum atomic E-state index is 14.7. The summed E-state index contributed by atoms with van der Waals surface area (Å²) in [5.74, 6) is -7.73. The number of nitrogens with zero attached hydrogens (tertiary/aromatic N) is 5. The number of rotatable bonds is 10. The van der Waals surface area contributed by atoms with Crippen molar-refractivity contribution in [1.82, 2.24) is 35.1 Å². The van der Waals surface area contributed by atoms with Crippen LogP contribution in [0.3, 0.4) is 0 Å². The zero-order valence-corrected chi connectivity index (χ0v) is 41.1. The van der Waals surface area contributed by atoms with E-state index in [-0.39, 0.29) is 25.7 Å². The number of alkyl halides is 3. The molecule has 4 aromatic rings. The average molecular weight is 972 g/mol. The molecule has 4 amide bonds. The largest absolute Gasteiger partial charge is 0.464 e. The fraction of sp³-hybridized carbons (Fsp3) is 0.500. The van der Waals surface area contributed by atoms with Gasteiger partial charge in [-0.15, -0.1) is 0 Å². The van der Waals surface area contributed by atoms with Gasteiger partial charge in [0.25, 0.3) is 11.8 Å². The van der Waals surface area contributed by atoms with Gasteiger partial charge in [0, 0.05) is 68.3 Å². The minimum absolute atomic E-state index is 0.0508. The fourth-order valence-electron chi connectivity index (χ4n) is 10.3. The summed E-state index contributed by atoms with van der Waals surface area (Å²) in [4.78, 5) is 76.0. The van der Waals surface area contributed by atoms with Crippen molar-refractivity contribution in [3.05, 3.63) is 90.3 Å². The van der Waals surface area contributed by atoms with Crippen molar-refractivity contribution in [3.63, 3.8) is 0 Å². The summed E-state index contributed by atoms with van der Waals surface area (Å²) >= 11 is 0. The Morgan fingerprint density at radius 3 is 2.50 bits per heavy atom. The highest BCUT2D eigenvalue weighted by atomic mass is 19.4. The molecule has 3 aliphatic rings. The zero-order chi connectivity index (χ0) is 51.0. The Morgan fingerprint density at radius 2 is 1.83 bits per heavy atom. The Balaban J connectivity index is 1.30. The second-order valence-corrected chi connectivity index (χ2v) is 19.9. The number of nitrogens with one attached hydrogen (secondary N) is 2. The molecule has 0 spiro atoms. The SMILES string of the molecule is C=CC(=O)N1C[C@H](C(F)(F)F)[C@](O)(C(=O)N(C)[C@H](C(=O)N[C@H]2Cc3cccc(c3)-c3ccc4c(c3)c(c(-c3cccnc3[C@H](C)OC)n4CC)CC(C)(C)COC(=O)[C@@H]3CCCN(N3)C2=O)C(C)C)C1. The number of methoxy groups -OCH3 is 1. The molecule has 0 saturated carbocycles. The van der Waals surface area contributed by atoms with Crippen molar-refractivity contribution in [2.45, 2.75) is 110 Å². The van der Waals surface area contributed by atoms with Crippen molar-refractivity contribution in [2.75, 3.05) is 40.4 Å². The predicted octanol–water partition coefficient (Wildman–Crippen LogP) is 6.17. The van der Waals surface area contributed by atoms with Crippen molar-refractivity contribution in [2.24, 2.45) is 17.3 Å². The molecule has 3 N–H and O–H groups in total. The highest BCUT2D eigenvalue weighted by molar-refractivity contribution is 5.97. The van der Waals surface area contributed by atoms with Crippen molar-refractivity contribution in [3.8, 4) is 22.4 Å². The van der Waals surface area contributed by atoms with Crippen LogP contribution in [0.5, 0.6) is 0 Å². The summed E-state index contributed by atoms with van der Waals surface area (Å²) in [6, 6.07) is 14.1. The van der Waals surface area contributed by atoms with Gasteiger partial charge in [0.15, 0.2) is 5.60 Å². The molecule has 70 heavy (non-hydrogen) atoms. The monoisotopic (exact) mass is 971 g/mol.